The number of phenolic OH excluding ortho intramolecular Hbond substituents is 2. The summed E-state index contributed by atoms with van der Waals surface area (Å²) in [4.78, 5) is 4.25. The van der Waals surface area contributed by atoms with Crippen LogP contribution >= 0.6 is 0 Å². The van der Waals surface area contributed by atoms with E-state index < -0.39 is 0 Å². The lowest BCUT2D eigenvalue weighted by molar-refractivity contribution is 0.414. The van der Waals surface area contributed by atoms with Crippen molar-refractivity contribution in [2.24, 2.45) is 0 Å². The average Bonchev–Trinajstić information content (AvgIpc) is 3.08. The molecule has 0 amide bonds. The minimum atomic E-state index is 0.0538. The molecular formula is C21H24N2O3. The number of phenols is 2. The highest BCUT2D eigenvalue weighted by atomic mass is 16.5. The molecule has 0 radical (unpaired) electrons. The molecule has 3 rings (SSSR count). The number of hydrogen-bond acceptors (Lipinski definition) is 4. The van der Waals surface area contributed by atoms with Gasteiger partial charge in [0.15, 0.2) is 0 Å². The van der Waals surface area contributed by atoms with Crippen LogP contribution in [0.2, 0.25) is 0 Å². The van der Waals surface area contributed by atoms with Crippen LogP contribution in [0.5, 0.6) is 17.2 Å². The van der Waals surface area contributed by atoms with Crippen LogP contribution in [0, 0.1) is 0 Å². The van der Waals surface area contributed by atoms with Gasteiger partial charge in [-0.2, -0.15) is 0 Å². The van der Waals surface area contributed by atoms with Crippen molar-refractivity contribution in [3.05, 3.63) is 60.0 Å². The van der Waals surface area contributed by atoms with Crippen molar-refractivity contribution >= 4 is 0 Å². The minimum absolute atomic E-state index is 0.0538. The Hall–Kier alpha value is -2.95. The molecule has 0 unspecified atom stereocenters. The number of aryl methyl sites for hydroxylation is 2. The third-order valence-corrected chi connectivity index (χ3v) is 4.56. The zero-order valence-corrected chi connectivity index (χ0v) is 15.3. The van der Waals surface area contributed by atoms with Gasteiger partial charge in [-0.15, -0.1) is 0 Å². The van der Waals surface area contributed by atoms with E-state index in [0.717, 1.165) is 30.0 Å². The summed E-state index contributed by atoms with van der Waals surface area (Å²) in [6.07, 6.45) is 4.34. The maximum Gasteiger partial charge on any atom is 0.128 e. The summed E-state index contributed by atoms with van der Waals surface area (Å²) in [5.74, 6) is 1.17. The van der Waals surface area contributed by atoms with E-state index in [-0.39, 0.29) is 17.4 Å². The second-order valence-electron chi connectivity index (χ2n) is 6.65. The van der Waals surface area contributed by atoms with Gasteiger partial charge in [0.2, 0.25) is 0 Å². The van der Waals surface area contributed by atoms with Crippen LogP contribution in [0.1, 0.15) is 30.9 Å². The highest BCUT2D eigenvalue weighted by Gasteiger charge is 2.15. The van der Waals surface area contributed by atoms with E-state index in [2.05, 4.69) is 4.98 Å². The van der Waals surface area contributed by atoms with Gasteiger partial charge in [-0.1, -0.05) is 26.0 Å². The molecule has 0 spiro atoms. The highest BCUT2D eigenvalue weighted by molar-refractivity contribution is 5.70. The van der Waals surface area contributed by atoms with E-state index in [1.165, 1.54) is 11.6 Å². The molecule has 0 saturated carbocycles. The van der Waals surface area contributed by atoms with E-state index in [0.29, 0.717) is 5.56 Å². The number of aromatic hydroxyl groups is 2. The van der Waals surface area contributed by atoms with Crippen molar-refractivity contribution in [1.82, 2.24) is 9.55 Å². The van der Waals surface area contributed by atoms with Gasteiger partial charge < -0.3 is 19.5 Å². The fraction of sp³-hybridized carbons (Fsp3) is 0.286. The molecule has 2 N–H and O–H groups in total. The number of hydrogen-bond donors (Lipinski definition) is 2. The fourth-order valence-electron chi connectivity index (χ4n) is 3.03. The lowest BCUT2D eigenvalue weighted by Crippen LogP contribution is -2.02. The molecule has 26 heavy (non-hydrogen) atoms. The molecule has 0 aliphatic carbocycles. The maximum atomic E-state index is 10.3. The molecule has 2 aromatic carbocycles. The van der Waals surface area contributed by atoms with Gasteiger partial charge in [0.05, 0.1) is 25.3 Å². The topological polar surface area (TPSA) is 67.5 Å². The molecule has 1 heterocycles. The number of benzene rings is 2. The third-order valence-electron chi connectivity index (χ3n) is 4.56. The molecule has 1 aromatic heterocycles. The zero-order valence-electron chi connectivity index (χ0n) is 15.3. The Bertz CT molecular complexity index is 883. The molecule has 0 atom stereocenters. The van der Waals surface area contributed by atoms with Crippen LogP contribution in [0.25, 0.3) is 11.3 Å². The maximum absolute atomic E-state index is 10.3. The van der Waals surface area contributed by atoms with Crippen LogP contribution in [0.15, 0.2) is 48.9 Å². The lowest BCUT2D eigenvalue weighted by Gasteiger charge is -2.14. The molecule has 0 fully saturated rings. The fourth-order valence-corrected chi connectivity index (χ4v) is 3.03. The van der Waals surface area contributed by atoms with E-state index in [9.17, 15) is 10.2 Å². The second-order valence-corrected chi connectivity index (χ2v) is 6.65. The summed E-state index contributed by atoms with van der Waals surface area (Å²) < 4.78 is 7.20. The van der Waals surface area contributed by atoms with Crippen molar-refractivity contribution in [2.45, 2.75) is 32.7 Å². The van der Waals surface area contributed by atoms with Gasteiger partial charge in [-0.25, -0.2) is 4.98 Å². The van der Waals surface area contributed by atoms with Crippen LogP contribution in [-0.4, -0.2) is 26.9 Å². The Morgan fingerprint density at radius 3 is 2.46 bits per heavy atom. The van der Waals surface area contributed by atoms with Gasteiger partial charge in [0.25, 0.3) is 0 Å². The summed E-state index contributed by atoms with van der Waals surface area (Å²) >= 11 is 0. The van der Waals surface area contributed by atoms with Gasteiger partial charge >= 0.3 is 0 Å². The predicted octanol–water partition coefficient (Wildman–Crippen LogP) is 4.34. The molecule has 0 bridgehead atoms. The molecule has 136 valence electrons. The first-order valence-electron chi connectivity index (χ1n) is 8.69. The van der Waals surface area contributed by atoms with Crippen molar-refractivity contribution in [3.63, 3.8) is 0 Å². The summed E-state index contributed by atoms with van der Waals surface area (Å²) in [7, 11) is 1.66. The van der Waals surface area contributed by atoms with Crippen LogP contribution in [0.4, 0.5) is 0 Å². The molecule has 0 saturated heterocycles. The van der Waals surface area contributed by atoms with Crippen LogP contribution in [0.3, 0.4) is 0 Å². The van der Waals surface area contributed by atoms with Gasteiger partial charge in [0.1, 0.15) is 17.2 Å². The van der Waals surface area contributed by atoms with Crippen LogP contribution < -0.4 is 4.74 Å². The van der Waals surface area contributed by atoms with Gasteiger partial charge in [-0.3, -0.25) is 0 Å². The normalized spacial score (nSPS) is 11.1. The van der Waals surface area contributed by atoms with Crippen molar-refractivity contribution in [3.8, 4) is 28.5 Å². The number of imidazole rings is 1. The molecule has 3 aromatic rings. The number of methoxy groups -OCH3 is 1. The molecular weight excluding hydrogens is 328 g/mol. The SMILES string of the molecule is COc1ccc(CCn2cncc2-c2cc(C(C)C)c(O)cc2O)cc1. The monoisotopic (exact) mass is 352 g/mol. The Kier molecular flexibility index (Phi) is 5.16. The predicted molar refractivity (Wildman–Crippen MR) is 102 cm³/mol. The summed E-state index contributed by atoms with van der Waals surface area (Å²) in [6, 6.07) is 11.2. The molecule has 5 heteroatoms. The smallest absolute Gasteiger partial charge is 0.128 e. The largest absolute Gasteiger partial charge is 0.508 e. The third kappa shape index (κ3) is 3.67. The summed E-state index contributed by atoms with van der Waals surface area (Å²) in [6.45, 7) is 4.76. The number of nitrogens with zero attached hydrogens (tertiary/aromatic N) is 2. The quantitative estimate of drug-likeness (QED) is 0.693. The minimum Gasteiger partial charge on any atom is -0.508 e. The molecule has 0 aliphatic rings. The summed E-state index contributed by atoms with van der Waals surface area (Å²) in [5.41, 5.74) is 3.51. The average molecular weight is 352 g/mol. The van der Waals surface area contributed by atoms with Crippen molar-refractivity contribution < 1.29 is 14.9 Å². The zero-order chi connectivity index (χ0) is 18.7. The summed E-state index contributed by atoms with van der Waals surface area (Å²) in [5, 5.41) is 20.4. The van der Waals surface area contributed by atoms with Crippen molar-refractivity contribution in [2.75, 3.05) is 7.11 Å². The first-order chi connectivity index (χ1) is 12.5. The standard InChI is InChI=1S/C21H24N2O3/c1-14(2)17-10-18(21(25)11-20(17)24)19-12-22-13-23(19)9-8-15-4-6-16(26-3)7-5-15/h4-7,10-14,24-25H,8-9H2,1-3H3. The Morgan fingerprint density at radius 1 is 1.08 bits per heavy atom. The van der Waals surface area contributed by atoms with E-state index in [1.807, 2.05) is 48.7 Å². The van der Waals surface area contributed by atoms with E-state index in [1.54, 1.807) is 19.6 Å². The Labute approximate surface area is 153 Å². The van der Waals surface area contributed by atoms with E-state index >= 15 is 0 Å². The molecule has 0 aliphatic heterocycles. The number of aromatic nitrogens is 2. The first kappa shape index (κ1) is 17.9. The number of ether oxygens (including phenoxy) is 1. The van der Waals surface area contributed by atoms with Crippen LogP contribution in [-0.2, 0) is 13.0 Å². The number of rotatable bonds is 6. The highest BCUT2D eigenvalue weighted by Crippen LogP contribution is 2.37. The van der Waals surface area contributed by atoms with Gasteiger partial charge in [-0.05, 0) is 41.7 Å². The van der Waals surface area contributed by atoms with Crippen molar-refractivity contribution in [1.29, 1.82) is 0 Å². The van der Waals surface area contributed by atoms with E-state index in [4.69, 9.17) is 4.74 Å². The Morgan fingerprint density at radius 2 is 1.81 bits per heavy atom. The first-order valence-corrected chi connectivity index (χ1v) is 8.69. The Balaban J connectivity index is 1.85. The van der Waals surface area contributed by atoms with Gasteiger partial charge in [0, 0.05) is 18.2 Å². The lowest BCUT2D eigenvalue weighted by atomic mass is 9.97. The second kappa shape index (κ2) is 7.52. The molecule has 5 nitrogen and oxygen atoms in total.